The molecule has 1 aromatic heterocycles. The fourth-order valence-corrected chi connectivity index (χ4v) is 7.12. The summed E-state index contributed by atoms with van der Waals surface area (Å²) in [5.74, 6) is 9.30. The fraction of sp³-hybridized carbons (Fsp3) is 0.933. The standard InChI is InChI=1S/C14H20.CHN5O2/c1-7-2-12-10-4-8-5-11(9(1)10)13(3-7)14(12)6-8;7-6(8)1-2-4-5-3-1/h7-14H,1-6H2;(H,2,3,4,5). The van der Waals surface area contributed by atoms with Crippen molar-refractivity contribution in [1.82, 2.24) is 20.6 Å². The van der Waals surface area contributed by atoms with Gasteiger partial charge in [0.15, 0.2) is 0 Å². The van der Waals surface area contributed by atoms with E-state index in [1.807, 2.05) is 5.10 Å². The second-order valence-electron chi connectivity index (χ2n) is 8.11. The van der Waals surface area contributed by atoms with Gasteiger partial charge in [-0.3, -0.25) is 0 Å². The van der Waals surface area contributed by atoms with E-state index in [1.54, 1.807) is 38.5 Å². The molecule has 22 heavy (non-hydrogen) atoms. The fourth-order valence-electron chi connectivity index (χ4n) is 7.12. The molecule has 7 fully saturated rings. The zero-order chi connectivity index (χ0) is 14.8. The van der Waals surface area contributed by atoms with Gasteiger partial charge in [0.05, 0.1) is 10.3 Å². The van der Waals surface area contributed by atoms with Crippen molar-refractivity contribution >= 4 is 5.95 Å². The van der Waals surface area contributed by atoms with Crippen LogP contribution in [-0.2, 0) is 0 Å². The van der Waals surface area contributed by atoms with Crippen LogP contribution in [0.1, 0.15) is 38.5 Å². The number of aromatic nitrogens is 4. The average Bonchev–Trinajstić information content (AvgIpc) is 3.07. The van der Waals surface area contributed by atoms with E-state index in [9.17, 15) is 10.1 Å². The number of tetrazole rings is 1. The summed E-state index contributed by atoms with van der Waals surface area (Å²) in [4.78, 5) is 8.99. The Balaban J connectivity index is 0.000000122. The molecule has 0 unspecified atom stereocenters. The minimum Gasteiger partial charge on any atom is -0.390 e. The first-order valence-electron chi connectivity index (χ1n) is 8.58. The maximum absolute atomic E-state index is 9.69. The molecule has 0 aliphatic heterocycles. The van der Waals surface area contributed by atoms with Crippen LogP contribution in [0.4, 0.5) is 5.95 Å². The number of nitrogens with one attached hydrogen (secondary N) is 1. The van der Waals surface area contributed by atoms with Crippen LogP contribution in [0.2, 0.25) is 0 Å². The van der Waals surface area contributed by atoms with Gasteiger partial charge in [0.25, 0.3) is 0 Å². The third kappa shape index (κ3) is 1.71. The highest BCUT2D eigenvalue weighted by Crippen LogP contribution is 2.71. The normalized spacial score (nSPS) is 49.1. The molecule has 0 aromatic carbocycles. The van der Waals surface area contributed by atoms with Gasteiger partial charge in [-0.25, -0.2) is 0 Å². The summed E-state index contributed by atoms with van der Waals surface area (Å²) in [6.45, 7) is 0. The van der Waals surface area contributed by atoms with E-state index in [4.69, 9.17) is 0 Å². The van der Waals surface area contributed by atoms with Crippen molar-refractivity contribution < 1.29 is 4.92 Å². The van der Waals surface area contributed by atoms with Gasteiger partial charge in [-0.05, 0) is 90.8 Å². The maximum atomic E-state index is 9.69. The van der Waals surface area contributed by atoms with Crippen molar-refractivity contribution in [1.29, 1.82) is 0 Å². The Morgan fingerprint density at radius 3 is 1.50 bits per heavy atom. The monoisotopic (exact) mass is 303 g/mol. The first-order chi connectivity index (χ1) is 10.7. The molecule has 0 radical (unpaired) electrons. The number of nitro groups is 1. The van der Waals surface area contributed by atoms with E-state index >= 15 is 0 Å². The van der Waals surface area contributed by atoms with Crippen LogP contribution in [0.15, 0.2) is 0 Å². The van der Waals surface area contributed by atoms with Crippen LogP contribution in [0.5, 0.6) is 0 Å². The van der Waals surface area contributed by atoms with Crippen molar-refractivity contribution in [2.75, 3.05) is 0 Å². The molecule has 7 aliphatic rings. The van der Waals surface area contributed by atoms with E-state index in [0.29, 0.717) is 0 Å². The van der Waals surface area contributed by atoms with Crippen molar-refractivity contribution in [2.45, 2.75) is 38.5 Å². The highest BCUT2D eigenvalue weighted by molar-refractivity contribution is 5.12. The summed E-state index contributed by atoms with van der Waals surface area (Å²) in [5.41, 5.74) is 0. The summed E-state index contributed by atoms with van der Waals surface area (Å²) in [6.07, 6.45) is 9.93. The zero-order valence-corrected chi connectivity index (χ0v) is 12.5. The lowest BCUT2D eigenvalue weighted by molar-refractivity contribution is -0.394. The minimum atomic E-state index is -0.708. The van der Waals surface area contributed by atoms with Gasteiger partial charge < -0.3 is 10.1 Å². The molecule has 8 rings (SSSR count). The molecule has 7 saturated carbocycles. The Hall–Kier alpha value is -1.53. The van der Waals surface area contributed by atoms with Gasteiger partial charge in [0, 0.05) is 5.21 Å². The third-order valence-corrected chi connectivity index (χ3v) is 7.44. The third-order valence-electron chi connectivity index (χ3n) is 7.44. The van der Waals surface area contributed by atoms with Gasteiger partial charge in [-0.2, -0.15) is 0 Å². The van der Waals surface area contributed by atoms with Crippen molar-refractivity contribution in [3.8, 4) is 0 Å². The summed E-state index contributed by atoms with van der Waals surface area (Å²) in [6, 6.07) is 0. The van der Waals surface area contributed by atoms with Crippen LogP contribution in [-0.4, -0.2) is 25.5 Å². The molecule has 0 spiro atoms. The predicted molar refractivity (Wildman–Crippen MR) is 76.5 cm³/mol. The van der Waals surface area contributed by atoms with E-state index < -0.39 is 10.9 Å². The lowest BCUT2D eigenvalue weighted by atomic mass is 9.36. The number of rotatable bonds is 1. The van der Waals surface area contributed by atoms with Gasteiger partial charge in [-0.1, -0.05) is 0 Å². The van der Waals surface area contributed by atoms with Crippen LogP contribution in [0.25, 0.3) is 0 Å². The van der Waals surface area contributed by atoms with E-state index in [1.165, 1.54) is 47.3 Å². The van der Waals surface area contributed by atoms with Crippen molar-refractivity contribution in [2.24, 2.45) is 47.3 Å². The molecule has 0 saturated heterocycles. The van der Waals surface area contributed by atoms with Crippen LogP contribution in [0.3, 0.4) is 0 Å². The summed E-state index contributed by atoms with van der Waals surface area (Å²) in [7, 11) is 0. The van der Waals surface area contributed by atoms with Gasteiger partial charge in [-0.15, -0.1) is 5.10 Å². The Morgan fingerprint density at radius 2 is 1.27 bits per heavy atom. The second-order valence-corrected chi connectivity index (χ2v) is 8.11. The van der Waals surface area contributed by atoms with Gasteiger partial charge >= 0.3 is 5.95 Å². The van der Waals surface area contributed by atoms with Gasteiger partial charge in [0.2, 0.25) is 0 Å². The maximum Gasteiger partial charge on any atom is 0.477 e. The van der Waals surface area contributed by atoms with Crippen LogP contribution >= 0.6 is 0 Å². The van der Waals surface area contributed by atoms with E-state index in [2.05, 4.69) is 15.5 Å². The first-order valence-corrected chi connectivity index (χ1v) is 8.58. The molecule has 0 amide bonds. The molecule has 7 heteroatoms. The molecule has 1 N–H and O–H groups in total. The number of aromatic amines is 1. The lowest BCUT2D eigenvalue weighted by Crippen LogP contribution is -2.62. The molecule has 7 nitrogen and oxygen atoms in total. The molecule has 1 heterocycles. The molecule has 8 bridgehead atoms. The summed E-state index contributed by atoms with van der Waals surface area (Å²) < 4.78 is 0. The van der Waals surface area contributed by atoms with Crippen LogP contribution < -0.4 is 0 Å². The summed E-state index contributed by atoms with van der Waals surface area (Å²) >= 11 is 0. The number of H-pyrrole nitrogens is 1. The Morgan fingerprint density at radius 1 is 0.864 bits per heavy atom. The highest BCUT2D eigenvalue weighted by atomic mass is 16.6. The number of nitrogens with zero attached hydrogens (tertiary/aromatic N) is 4. The highest BCUT2D eigenvalue weighted by Gasteiger charge is 2.63. The molecule has 1 aromatic rings. The average molecular weight is 303 g/mol. The predicted octanol–water partition coefficient (Wildman–Crippen LogP) is 2.43. The first kappa shape index (κ1) is 13.0. The molecule has 7 aliphatic carbocycles. The Labute approximate surface area is 128 Å². The molecule has 0 atom stereocenters. The molecular formula is C15H21N5O2. The number of hydrogen-bond donors (Lipinski definition) is 1. The van der Waals surface area contributed by atoms with Gasteiger partial charge in [0.1, 0.15) is 0 Å². The van der Waals surface area contributed by atoms with E-state index in [0.717, 1.165) is 0 Å². The summed E-state index contributed by atoms with van der Waals surface area (Å²) in [5, 5.41) is 20.6. The second kappa shape index (κ2) is 4.49. The number of hydrogen-bond acceptors (Lipinski definition) is 5. The molecule has 118 valence electrons. The SMILES string of the molecule is C1C2CC3C4CC5CC(C14)C(C2)C3C5.O=[N+]([O-])c1nnn[nH]1. The van der Waals surface area contributed by atoms with Crippen molar-refractivity contribution in [3.63, 3.8) is 0 Å². The lowest BCUT2D eigenvalue weighted by Gasteiger charge is -2.69. The van der Waals surface area contributed by atoms with E-state index in [-0.39, 0.29) is 0 Å². The van der Waals surface area contributed by atoms with Crippen LogP contribution in [0, 0.1) is 57.5 Å². The smallest absolute Gasteiger partial charge is 0.390 e. The Kier molecular flexibility index (Phi) is 2.64. The van der Waals surface area contributed by atoms with Crippen molar-refractivity contribution in [3.05, 3.63) is 10.1 Å². The topological polar surface area (TPSA) is 97.6 Å². The molecular weight excluding hydrogens is 282 g/mol. The Bertz CT molecular complexity index is 501. The largest absolute Gasteiger partial charge is 0.477 e. The zero-order valence-electron chi connectivity index (χ0n) is 12.5. The quantitative estimate of drug-likeness (QED) is 0.634. The minimum absolute atomic E-state index is 0.440.